The monoisotopic (exact) mass is 271 g/mol. The van der Waals surface area contributed by atoms with E-state index in [1.54, 1.807) is 7.05 Å². The number of nitrogens with zero attached hydrogens (tertiary/aromatic N) is 1. The van der Waals surface area contributed by atoms with Crippen LogP contribution in [0.2, 0.25) is 0 Å². The Morgan fingerprint density at radius 2 is 2.32 bits per heavy atom. The van der Waals surface area contributed by atoms with Gasteiger partial charge in [-0.25, -0.2) is 0 Å². The molecule has 0 bridgehead atoms. The van der Waals surface area contributed by atoms with Gasteiger partial charge in [0.15, 0.2) is 0 Å². The molecular formula is C14H29N3O2. The average Bonchev–Trinajstić information content (AvgIpc) is 2.42. The molecule has 1 fully saturated rings. The highest BCUT2D eigenvalue weighted by Gasteiger charge is 2.30. The number of likely N-dealkylation sites (N-methyl/N-ethyl adjacent to an activating group) is 1. The van der Waals surface area contributed by atoms with Crippen molar-refractivity contribution >= 4 is 5.91 Å². The highest BCUT2D eigenvalue weighted by Crippen LogP contribution is 2.16. The first kappa shape index (κ1) is 16.4. The Labute approximate surface area is 116 Å². The van der Waals surface area contributed by atoms with Crippen LogP contribution in [0.3, 0.4) is 0 Å². The number of rotatable bonds is 8. The lowest BCUT2D eigenvalue weighted by Crippen LogP contribution is -2.53. The van der Waals surface area contributed by atoms with Crippen LogP contribution in [0.1, 0.15) is 39.5 Å². The van der Waals surface area contributed by atoms with Gasteiger partial charge < -0.3 is 20.7 Å². The Morgan fingerprint density at radius 1 is 1.58 bits per heavy atom. The molecule has 0 aliphatic carbocycles. The number of ether oxygens (including phenoxy) is 1. The summed E-state index contributed by atoms with van der Waals surface area (Å²) in [5, 5.41) is 3.03. The smallest absolute Gasteiger partial charge is 0.237 e. The molecule has 1 saturated heterocycles. The molecule has 3 N–H and O–H groups in total. The molecule has 1 heterocycles. The van der Waals surface area contributed by atoms with Gasteiger partial charge in [0.1, 0.15) is 0 Å². The minimum Gasteiger partial charge on any atom is -0.377 e. The van der Waals surface area contributed by atoms with E-state index in [1.807, 2.05) is 6.92 Å². The van der Waals surface area contributed by atoms with Gasteiger partial charge in [0.05, 0.1) is 11.6 Å². The Bertz CT molecular complexity index is 286. The summed E-state index contributed by atoms with van der Waals surface area (Å²) in [4.78, 5) is 13.8. The summed E-state index contributed by atoms with van der Waals surface area (Å²) in [5.41, 5.74) is 4.83. The zero-order chi connectivity index (χ0) is 14.3. The summed E-state index contributed by atoms with van der Waals surface area (Å²) < 4.78 is 5.82. The number of carbonyl (C=O) groups excluding carboxylic acids is 1. The van der Waals surface area contributed by atoms with Crippen LogP contribution >= 0.6 is 0 Å². The fourth-order valence-electron chi connectivity index (χ4n) is 2.39. The molecule has 0 aromatic rings. The summed E-state index contributed by atoms with van der Waals surface area (Å²) in [6.07, 6.45) is 4.47. The number of amides is 1. The summed E-state index contributed by atoms with van der Waals surface area (Å²) in [6.45, 7) is 7.78. The first-order valence-electron chi connectivity index (χ1n) is 7.34. The van der Waals surface area contributed by atoms with Gasteiger partial charge in [-0.3, -0.25) is 4.79 Å². The van der Waals surface area contributed by atoms with Crippen LogP contribution in [-0.2, 0) is 9.53 Å². The molecule has 0 saturated carbocycles. The van der Waals surface area contributed by atoms with Crippen LogP contribution in [0.15, 0.2) is 0 Å². The SMILES string of the molecule is CCCOC1CCCN(CCC(C)(NC)C(N)=O)C1. The first-order valence-corrected chi connectivity index (χ1v) is 7.34. The van der Waals surface area contributed by atoms with E-state index < -0.39 is 5.54 Å². The van der Waals surface area contributed by atoms with Gasteiger partial charge in [-0.2, -0.15) is 0 Å². The van der Waals surface area contributed by atoms with Crippen molar-refractivity contribution in [3.8, 4) is 0 Å². The zero-order valence-corrected chi connectivity index (χ0v) is 12.6. The molecule has 5 nitrogen and oxygen atoms in total. The lowest BCUT2D eigenvalue weighted by atomic mass is 9.96. The van der Waals surface area contributed by atoms with Crippen LogP contribution in [0.4, 0.5) is 0 Å². The molecule has 0 radical (unpaired) electrons. The van der Waals surface area contributed by atoms with Crippen molar-refractivity contribution < 1.29 is 9.53 Å². The number of carbonyl (C=O) groups is 1. The molecule has 2 atom stereocenters. The maximum Gasteiger partial charge on any atom is 0.237 e. The first-order chi connectivity index (χ1) is 9.01. The van der Waals surface area contributed by atoms with Crippen molar-refractivity contribution in [1.29, 1.82) is 0 Å². The molecular weight excluding hydrogens is 242 g/mol. The van der Waals surface area contributed by atoms with Crippen LogP contribution < -0.4 is 11.1 Å². The van der Waals surface area contributed by atoms with E-state index in [2.05, 4.69) is 17.1 Å². The number of nitrogens with two attached hydrogens (primary N) is 1. The van der Waals surface area contributed by atoms with E-state index in [0.29, 0.717) is 6.10 Å². The summed E-state index contributed by atoms with van der Waals surface area (Å²) in [6, 6.07) is 0. The molecule has 1 aliphatic rings. The Kier molecular flexibility index (Phi) is 6.75. The van der Waals surface area contributed by atoms with Crippen LogP contribution in [-0.4, -0.2) is 55.7 Å². The van der Waals surface area contributed by atoms with Crippen molar-refractivity contribution in [3.05, 3.63) is 0 Å². The number of likely N-dealkylation sites (tertiary alicyclic amines) is 1. The van der Waals surface area contributed by atoms with Gasteiger partial charge in [-0.05, 0) is 46.2 Å². The molecule has 1 amide bonds. The standard InChI is InChI=1S/C14H29N3O2/c1-4-10-19-12-6-5-8-17(11-12)9-7-14(2,16-3)13(15)18/h12,16H,4-11H2,1-3H3,(H2,15,18). The third kappa shape index (κ3) is 5.09. The average molecular weight is 271 g/mol. The van der Waals surface area contributed by atoms with Gasteiger partial charge in [0, 0.05) is 19.7 Å². The highest BCUT2D eigenvalue weighted by molar-refractivity contribution is 5.84. The van der Waals surface area contributed by atoms with Gasteiger partial charge in [-0.1, -0.05) is 6.92 Å². The topological polar surface area (TPSA) is 67.6 Å². The van der Waals surface area contributed by atoms with E-state index in [0.717, 1.165) is 45.5 Å². The molecule has 19 heavy (non-hydrogen) atoms. The van der Waals surface area contributed by atoms with Crippen molar-refractivity contribution in [2.24, 2.45) is 5.73 Å². The van der Waals surface area contributed by atoms with Crippen molar-refractivity contribution in [1.82, 2.24) is 10.2 Å². The predicted octanol–water partition coefficient (Wildman–Crippen LogP) is 0.731. The van der Waals surface area contributed by atoms with Crippen molar-refractivity contribution in [2.75, 3.05) is 33.3 Å². The fourth-order valence-corrected chi connectivity index (χ4v) is 2.39. The number of hydrogen-bond acceptors (Lipinski definition) is 4. The second-order valence-electron chi connectivity index (χ2n) is 5.63. The second-order valence-corrected chi connectivity index (χ2v) is 5.63. The van der Waals surface area contributed by atoms with Gasteiger partial charge in [0.2, 0.25) is 5.91 Å². The van der Waals surface area contributed by atoms with Gasteiger partial charge >= 0.3 is 0 Å². The molecule has 0 spiro atoms. The second kappa shape index (κ2) is 7.82. The van der Waals surface area contributed by atoms with Crippen LogP contribution in [0, 0.1) is 0 Å². The third-order valence-electron chi connectivity index (χ3n) is 4.04. The lowest BCUT2D eigenvalue weighted by Gasteiger charge is -2.35. The maximum atomic E-state index is 11.4. The Balaban J connectivity index is 2.38. The minimum absolute atomic E-state index is 0.286. The summed E-state index contributed by atoms with van der Waals surface area (Å²) in [7, 11) is 1.79. The molecule has 5 heteroatoms. The van der Waals surface area contributed by atoms with Crippen molar-refractivity contribution in [2.45, 2.75) is 51.2 Å². The van der Waals surface area contributed by atoms with Crippen LogP contribution in [0.25, 0.3) is 0 Å². The van der Waals surface area contributed by atoms with E-state index in [9.17, 15) is 4.79 Å². The van der Waals surface area contributed by atoms with E-state index in [4.69, 9.17) is 10.5 Å². The van der Waals surface area contributed by atoms with Gasteiger partial charge in [-0.15, -0.1) is 0 Å². The molecule has 1 rings (SSSR count). The quantitative estimate of drug-likeness (QED) is 0.683. The molecule has 0 aromatic heterocycles. The summed E-state index contributed by atoms with van der Waals surface area (Å²) in [5.74, 6) is -0.286. The van der Waals surface area contributed by atoms with Crippen molar-refractivity contribution in [3.63, 3.8) is 0 Å². The van der Waals surface area contributed by atoms with E-state index >= 15 is 0 Å². The van der Waals surface area contributed by atoms with E-state index in [1.165, 1.54) is 6.42 Å². The fraction of sp³-hybridized carbons (Fsp3) is 0.929. The Morgan fingerprint density at radius 3 is 2.89 bits per heavy atom. The largest absolute Gasteiger partial charge is 0.377 e. The zero-order valence-electron chi connectivity index (χ0n) is 12.6. The molecule has 112 valence electrons. The third-order valence-corrected chi connectivity index (χ3v) is 4.04. The number of piperidine rings is 1. The lowest BCUT2D eigenvalue weighted by molar-refractivity contribution is -0.124. The molecule has 0 aromatic carbocycles. The normalized spacial score (nSPS) is 24.1. The number of hydrogen-bond donors (Lipinski definition) is 2. The van der Waals surface area contributed by atoms with Gasteiger partial charge in [0.25, 0.3) is 0 Å². The summed E-state index contributed by atoms with van der Waals surface area (Å²) >= 11 is 0. The number of primary amides is 1. The molecule has 2 unspecified atom stereocenters. The highest BCUT2D eigenvalue weighted by atomic mass is 16.5. The van der Waals surface area contributed by atoms with Crippen LogP contribution in [0.5, 0.6) is 0 Å². The molecule has 1 aliphatic heterocycles. The Hall–Kier alpha value is -0.650. The predicted molar refractivity (Wildman–Crippen MR) is 77.0 cm³/mol. The minimum atomic E-state index is -0.614. The number of nitrogens with one attached hydrogen (secondary N) is 1. The maximum absolute atomic E-state index is 11.4. The van der Waals surface area contributed by atoms with E-state index in [-0.39, 0.29) is 5.91 Å².